The Labute approximate surface area is 326 Å². The number of methoxy groups -OCH3 is 2. The van der Waals surface area contributed by atoms with E-state index in [1.54, 1.807) is 6.92 Å². The molecule has 0 radical (unpaired) electrons. The molecule has 0 aromatic heterocycles. The number of ether oxygens (including phenoxy) is 5. The summed E-state index contributed by atoms with van der Waals surface area (Å²) in [7, 11) is 2.60. The van der Waals surface area contributed by atoms with Crippen LogP contribution in [0, 0.1) is 0 Å². The number of aliphatic hydroxyl groups is 2. The molecule has 14 heteroatoms. The maximum atomic E-state index is 14.0. The van der Waals surface area contributed by atoms with Crippen molar-refractivity contribution in [2.45, 2.75) is 68.3 Å². The molecule has 1 aliphatic heterocycles. The number of hydrogen-bond acceptors (Lipinski definition) is 13. The Morgan fingerprint density at radius 3 is 2.19 bits per heavy atom. The fraction of sp³-hybridized carbons (Fsp3) is 0.349. The minimum absolute atomic E-state index is 0.0340. The Hall–Kier alpha value is -5.64. The number of carbonyl (C=O) groups is 4. The first kappa shape index (κ1) is 38.2. The first-order valence-corrected chi connectivity index (χ1v) is 18.6. The van der Waals surface area contributed by atoms with Crippen LogP contribution in [-0.2, 0) is 30.2 Å². The van der Waals surface area contributed by atoms with Crippen LogP contribution in [0.2, 0.25) is 0 Å². The van der Waals surface area contributed by atoms with E-state index in [0.717, 1.165) is 22.3 Å². The number of alkyl carbamates (subject to hydrolysis) is 1. The number of fused-ring (bicyclic) bond motifs is 6. The molecule has 4 unspecified atom stereocenters. The highest BCUT2D eigenvalue weighted by Gasteiger charge is 2.50. The molecule has 296 valence electrons. The number of Topliss-reactive ketones (excluding diaryl/α,β-unsaturated/α-hetero) is 1. The Kier molecular flexibility index (Phi) is 9.86. The quantitative estimate of drug-likeness (QED) is 0.133. The number of aliphatic hydroxyl groups excluding tert-OH is 1. The van der Waals surface area contributed by atoms with Gasteiger partial charge in [0, 0.05) is 49.0 Å². The summed E-state index contributed by atoms with van der Waals surface area (Å²) in [6.45, 7) is 1.09. The predicted octanol–water partition coefficient (Wildman–Crippen LogP) is 4.24. The van der Waals surface area contributed by atoms with Crippen molar-refractivity contribution in [3.05, 3.63) is 111 Å². The summed E-state index contributed by atoms with van der Waals surface area (Å²) in [4.78, 5) is 54.5. The molecule has 1 heterocycles. The van der Waals surface area contributed by atoms with Gasteiger partial charge < -0.3 is 49.4 Å². The summed E-state index contributed by atoms with van der Waals surface area (Å²) in [5.41, 5.74) is 0.518. The van der Waals surface area contributed by atoms with Crippen molar-refractivity contribution in [3.8, 4) is 28.4 Å². The molecule has 1 amide bonds. The van der Waals surface area contributed by atoms with E-state index < -0.39 is 102 Å². The molecule has 1 fully saturated rings. The van der Waals surface area contributed by atoms with Gasteiger partial charge in [0.2, 0.25) is 5.78 Å². The van der Waals surface area contributed by atoms with Gasteiger partial charge in [-0.1, -0.05) is 60.7 Å². The van der Waals surface area contributed by atoms with Crippen LogP contribution in [0.1, 0.15) is 85.9 Å². The number of nitrogens with one attached hydrogen (secondary N) is 1. The number of carbonyl (C=O) groups excluding carboxylic acids is 4. The maximum Gasteiger partial charge on any atom is 0.407 e. The third kappa shape index (κ3) is 6.33. The average molecular weight is 780 g/mol. The van der Waals surface area contributed by atoms with Crippen LogP contribution in [0.3, 0.4) is 0 Å². The second-order valence-electron chi connectivity index (χ2n) is 14.8. The number of rotatable bonds is 9. The first-order chi connectivity index (χ1) is 27.4. The number of benzene rings is 4. The van der Waals surface area contributed by atoms with Gasteiger partial charge >= 0.3 is 6.09 Å². The Balaban J connectivity index is 1.07. The molecule has 1 saturated heterocycles. The highest BCUT2D eigenvalue weighted by atomic mass is 16.7. The van der Waals surface area contributed by atoms with Crippen LogP contribution in [-0.4, -0.2) is 101 Å². The standard InChI is InChI=1S/C43H41NO13/c1-20-37(46)28(44-42(51)55-18-27-23-11-6-4-9-21(23)22-10-5-7-12-24(22)27)15-32(56-20)57-30-17-43(52,31(45)19-53-2)16-26-34(30)41(50)36-35(39(26)48)38(47)25-13-8-14-29(54-3)33(25)40(36)49/h4-14,20,27-28,30,32,37,46,48,50,52H,15-19H2,1-3H3,(H,44,51)/t20?,28?,30-,32?,37?,43-/m0/s1. The van der Waals surface area contributed by atoms with E-state index in [0.29, 0.717) is 0 Å². The number of amides is 1. The van der Waals surface area contributed by atoms with Crippen LogP contribution in [0.5, 0.6) is 17.2 Å². The Morgan fingerprint density at radius 2 is 1.53 bits per heavy atom. The maximum absolute atomic E-state index is 14.0. The fourth-order valence-electron chi connectivity index (χ4n) is 8.77. The van der Waals surface area contributed by atoms with Crippen molar-refractivity contribution >= 4 is 23.4 Å². The highest BCUT2D eigenvalue weighted by molar-refractivity contribution is 6.31. The second-order valence-corrected chi connectivity index (χ2v) is 14.8. The third-order valence-corrected chi connectivity index (χ3v) is 11.5. The second kappa shape index (κ2) is 14.7. The van der Waals surface area contributed by atoms with Crippen molar-refractivity contribution in [3.63, 3.8) is 0 Å². The van der Waals surface area contributed by atoms with Crippen molar-refractivity contribution in [2.24, 2.45) is 0 Å². The summed E-state index contributed by atoms with van der Waals surface area (Å²) in [5.74, 6) is -3.83. The van der Waals surface area contributed by atoms with E-state index in [1.807, 2.05) is 48.5 Å². The average Bonchev–Trinajstić information content (AvgIpc) is 3.52. The lowest BCUT2D eigenvalue weighted by Gasteiger charge is -2.42. The van der Waals surface area contributed by atoms with Crippen LogP contribution in [0.15, 0.2) is 66.7 Å². The van der Waals surface area contributed by atoms with Gasteiger partial charge in [0.15, 0.2) is 17.9 Å². The van der Waals surface area contributed by atoms with Crippen molar-refractivity contribution in [1.29, 1.82) is 0 Å². The van der Waals surface area contributed by atoms with Gasteiger partial charge in [-0.05, 0) is 35.2 Å². The van der Waals surface area contributed by atoms with E-state index in [2.05, 4.69) is 5.32 Å². The van der Waals surface area contributed by atoms with Crippen LogP contribution >= 0.6 is 0 Å². The number of phenols is 2. The zero-order valence-electron chi connectivity index (χ0n) is 31.3. The zero-order chi connectivity index (χ0) is 40.3. The predicted molar refractivity (Wildman–Crippen MR) is 201 cm³/mol. The van der Waals surface area contributed by atoms with E-state index in [9.17, 15) is 39.6 Å². The molecule has 6 atom stereocenters. The van der Waals surface area contributed by atoms with Gasteiger partial charge in [0.1, 0.15) is 42.2 Å². The number of ketones is 3. The molecule has 4 aromatic rings. The van der Waals surface area contributed by atoms with Gasteiger partial charge in [-0.2, -0.15) is 0 Å². The molecule has 57 heavy (non-hydrogen) atoms. The van der Waals surface area contributed by atoms with Gasteiger partial charge in [-0.25, -0.2) is 4.79 Å². The normalized spacial score (nSPS) is 24.8. The van der Waals surface area contributed by atoms with Crippen molar-refractivity contribution < 1.29 is 63.3 Å². The van der Waals surface area contributed by atoms with E-state index in [1.165, 1.54) is 32.4 Å². The largest absolute Gasteiger partial charge is 0.507 e. The lowest BCUT2D eigenvalue weighted by atomic mass is 9.72. The lowest BCUT2D eigenvalue weighted by Crippen LogP contribution is -2.56. The summed E-state index contributed by atoms with van der Waals surface area (Å²) in [6.07, 6.45) is -6.71. The summed E-state index contributed by atoms with van der Waals surface area (Å²) in [6, 6.07) is 19.2. The number of aromatic hydroxyl groups is 2. The summed E-state index contributed by atoms with van der Waals surface area (Å²) >= 11 is 0. The van der Waals surface area contributed by atoms with Gasteiger partial charge in [0.05, 0.1) is 42.0 Å². The van der Waals surface area contributed by atoms with Crippen LogP contribution in [0.4, 0.5) is 4.79 Å². The number of phenolic OH excluding ortho intramolecular Hbond substituents is 2. The van der Waals surface area contributed by atoms with Crippen LogP contribution < -0.4 is 10.1 Å². The molecule has 5 N–H and O–H groups in total. The SMILES string of the molecule is COCC(=O)[C@]1(O)Cc2c(O)c3c(c(O)c2[C@@H](OC2CC(NC(=O)OCC4c5ccccc5-c5ccccc54)C(O)C(C)O2)C1)C(=O)c1c(OC)cccc1C3=O. The van der Waals surface area contributed by atoms with E-state index >= 15 is 0 Å². The van der Waals surface area contributed by atoms with Gasteiger partial charge in [0.25, 0.3) is 0 Å². The summed E-state index contributed by atoms with van der Waals surface area (Å²) in [5, 5.41) is 49.2. The Bertz CT molecular complexity index is 2280. The molecule has 0 bridgehead atoms. The zero-order valence-corrected chi connectivity index (χ0v) is 31.3. The van der Waals surface area contributed by atoms with Gasteiger partial charge in [-0.15, -0.1) is 0 Å². The molecule has 4 aromatic carbocycles. The molecule has 8 rings (SSSR count). The fourth-order valence-corrected chi connectivity index (χ4v) is 8.77. The smallest absolute Gasteiger partial charge is 0.407 e. The highest BCUT2D eigenvalue weighted by Crippen LogP contribution is 2.53. The van der Waals surface area contributed by atoms with Crippen LogP contribution in [0.25, 0.3) is 11.1 Å². The van der Waals surface area contributed by atoms with Crippen molar-refractivity contribution in [1.82, 2.24) is 5.32 Å². The molecular formula is C43H41NO13. The molecule has 0 saturated carbocycles. The lowest BCUT2D eigenvalue weighted by molar-refractivity contribution is -0.249. The minimum atomic E-state index is -2.21. The topological polar surface area (TPSA) is 207 Å². The van der Waals surface area contributed by atoms with Gasteiger partial charge in [-0.3, -0.25) is 14.4 Å². The molecule has 3 aliphatic carbocycles. The number of hydrogen-bond donors (Lipinski definition) is 5. The minimum Gasteiger partial charge on any atom is -0.507 e. The van der Waals surface area contributed by atoms with E-state index in [-0.39, 0.29) is 46.9 Å². The monoisotopic (exact) mass is 779 g/mol. The molecule has 14 nitrogen and oxygen atoms in total. The first-order valence-electron chi connectivity index (χ1n) is 18.6. The third-order valence-electron chi connectivity index (χ3n) is 11.5. The molecule has 0 spiro atoms. The van der Waals surface area contributed by atoms with Crippen molar-refractivity contribution in [2.75, 3.05) is 27.4 Å². The van der Waals surface area contributed by atoms with E-state index in [4.69, 9.17) is 23.7 Å². The Morgan fingerprint density at radius 1 is 0.877 bits per heavy atom. The molecule has 4 aliphatic rings. The molecular weight excluding hydrogens is 738 g/mol. The summed E-state index contributed by atoms with van der Waals surface area (Å²) < 4.78 is 28.4.